The molecule has 1 saturated heterocycles. The molecule has 98 valence electrons. The van der Waals surface area contributed by atoms with Gasteiger partial charge in [-0.05, 0) is 38.3 Å². The molecule has 1 aliphatic heterocycles. The van der Waals surface area contributed by atoms with Gasteiger partial charge < -0.3 is 4.90 Å². The lowest BCUT2D eigenvalue weighted by molar-refractivity contribution is -0.132. The van der Waals surface area contributed by atoms with E-state index < -0.39 is 0 Å². The normalized spacial score (nSPS) is 18.7. The standard InChI is InChI=1S/C14H21N3O/c1-11(13-6-5-7-15-10-13)16-12(2)14(18)17-8-3-4-9-17/h5-7,10-12,16H,3-4,8-9H2,1-2H3/t11-,12?/m0/s1. The van der Waals surface area contributed by atoms with Gasteiger partial charge in [-0.1, -0.05) is 6.07 Å². The number of nitrogens with one attached hydrogen (secondary N) is 1. The van der Waals surface area contributed by atoms with Crippen molar-refractivity contribution < 1.29 is 4.79 Å². The zero-order chi connectivity index (χ0) is 13.0. The van der Waals surface area contributed by atoms with E-state index in [0.717, 1.165) is 31.5 Å². The minimum Gasteiger partial charge on any atom is -0.341 e. The molecule has 1 amide bonds. The Hall–Kier alpha value is -1.42. The van der Waals surface area contributed by atoms with Crippen LogP contribution in [0.1, 0.15) is 38.3 Å². The molecule has 1 aromatic rings. The summed E-state index contributed by atoms with van der Waals surface area (Å²) in [5.41, 5.74) is 1.11. The van der Waals surface area contributed by atoms with Crippen molar-refractivity contribution in [2.24, 2.45) is 0 Å². The summed E-state index contributed by atoms with van der Waals surface area (Å²) in [7, 11) is 0. The molecule has 0 saturated carbocycles. The van der Waals surface area contributed by atoms with Gasteiger partial charge in [-0.25, -0.2) is 0 Å². The maximum absolute atomic E-state index is 12.2. The Morgan fingerprint density at radius 1 is 1.39 bits per heavy atom. The first-order valence-electron chi connectivity index (χ1n) is 6.63. The maximum Gasteiger partial charge on any atom is 0.239 e. The van der Waals surface area contributed by atoms with Crippen molar-refractivity contribution in [3.05, 3.63) is 30.1 Å². The van der Waals surface area contributed by atoms with E-state index in [0.29, 0.717) is 0 Å². The number of nitrogens with zero attached hydrogens (tertiary/aromatic N) is 2. The second-order valence-electron chi connectivity index (χ2n) is 4.93. The van der Waals surface area contributed by atoms with Gasteiger partial charge in [-0.15, -0.1) is 0 Å². The van der Waals surface area contributed by atoms with Crippen molar-refractivity contribution in [1.29, 1.82) is 0 Å². The Morgan fingerprint density at radius 2 is 2.11 bits per heavy atom. The summed E-state index contributed by atoms with van der Waals surface area (Å²) >= 11 is 0. The Morgan fingerprint density at radius 3 is 2.72 bits per heavy atom. The summed E-state index contributed by atoms with van der Waals surface area (Å²) in [6.45, 7) is 5.82. The fourth-order valence-electron chi connectivity index (χ4n) is 2.39. The summed E-state index contributed by atoms with van der Waals surface area (Å²) in [5.74, 6) is 0.211. The molecule has 0 bridgehead atoms. The molecule has 0 radical (unpaired) electrons. The zero-order valence-electron chi connectivity index (χ0n) is 11.1. The maximum atomic E-state index is 12.2. The smallest absolute Gasteiger partial charge is 0.239 e. The van der Waals surface area contributed by atoms with Crippen molar-refractivity contribution in [3.63, 3.8) is 0 Å². The highest BCUT2D eigenvalue weighted by Crippen LogP contribution is 2.13. The average molecular weight is 247 g/mol. The minimum absolute atomic E-state index is 0.139. The van der Waals surface area contributed by atoms with Crippen LogP contribution in [0.5, 0.6) is 0 Å². The number of hydrogen-bond donors (Lipinski definition) is 1. The molecule has 0 aliphatic carbocycles. The quantitative estimate of drug-likeness (QED) is 0.881. The summed E-state index contributed by atoms with van der Waals surface area (Å²) < 4.78 is 0. The largest absolute Gasteiger partial charge is 0.341 e. The molecule has 1 aromatic heterocycles. The van der Waals surface area contributed by atoms with Gasteiger partial charge in [0.05, 0.1) is 6.04 Å². The second-order valence-corrected chi connectivity index (χ2v) is 4.93. The van der Waals surface area contributed by atoms with Crippen LogP contribution in [-0.2, 0) is 4.79 Å². The van der Waals surface area contributed by atoms with Crippen molar-refractivity contribution in [3.8, 4) is 0 Å². The Kier molecular flexibility index (Phi) is 4.31. The third-order valence-electron chi connectivity index (χ3n) is 3.47. The van der Waals surface area contributed by atoms with Crippen LogP contribution in [0, 0.1) is 0 Å². The van der Waals surface area contributed by atoms with Crippen LogP contribution in [0.25, 0.3) is 0 Å². The van der Waals surface area contributed by atoms with Gasteiger partial charge in [0.15, 0.2) is 0 Å². The Balaban J connectivity index is 1.90. The van der Waals surface area contributed by atoms with E-state index in [1.165, 1.54) is 0 Å². The van der Waals surface area contributed by atoms with Gasteiger partial charge in [0, 0.05) is 31.5 Å². The van der Waals surface area contributed by atoms with E-state index in [9.17, 15) is 4.79 Å². The molecule has 1 fully saturated rings. The number of pyridine rings is 1. The molecule has 1 aliphatic rings. The van der Waals surface area contributed by atoms with Gasteiger partial charge in [-0.3, -0.25) is 15.1 Å². The number of aromatic nitrogens is 1. The minimum atomic E-state index is -0.140. The lowest BCUT2D eigenvalue weighted by Crippen LogP contribution is -2.44. The molecular weight excluding hydrogens is 226 g/mol. The predicted octanol–water partition coefficient (Wildman–Crippen LogP) is 1.74. The molecule has 2 heterocycles. The van der Waals surface area contributed by atoms with Crippen LogP contribution in [0.4, 0.5) is 0 Å². The van der Waals surface area contributed by atoms with E-state index in [1.54, 1.807) is 6.20 Å². The molecule has 2 atom stereocenters. The highest BCUT2D eigenvalue weighted by atomic mass is 16.2. The van der Waals surface area contributed by atoms with Gasteiger partial charge in [0.25, 0.3) is 0 Å². The van der Waals surface area contributed by atoms with Gasteiger partial charge >= 0.3 is 0 Å². The van der Waals surface area contributed by atoms with Crippen LogP contribution < -0.4 is 5.32 Å². The van der Waals surface area contributed by atoms with E-state index in [4.69, 9.17) is 0 Å². The first kappa shape index (κ1) is 13.0. The fraction of sp³-hybridized carbons (Fsp3) is 0.571. The highest BCUT2D eigenvalue weighted by molar-refractivity contribution is 5.81. The van der Waals surface area contributed by atoms with Gasteiger partial charge in [0.2, 0.25) is 5.91 Å². The average Bonchev–Trinajstić information content (AvgIpc) is 2.92. The monoisotopic (exact) mass is 247 g/mol. The number of carbonyl (C=O) groups is 1. The van der Waals surface area contributed by atoms with E-state index in [2.05, 4.69) is 17.2 Å². The molecule has 4 heteroatoms. The van der Waals surface area contributed by atoms with Crippen molar-refractivity contribution >= 4 is 5.91 Å². The number of amides is 1. The molecule has 0 spiro atoms. The van der Waals surface area contributed by atoms with Crippen LogP contribution in [0.15, 0.2) is 24.5 Å². The van der Waals surface area contributed by atoms with Crippen LogP contribution in [-0.4, -0.2) is 34.9 Å². The fourth-order valence-corrected chi connectivity index (χ4v) is 2.39. The van der Waals surface area contributed by atoms with Crippen molar-refractivity contribution in [2.75, 3.05) is 13.1 Å². The lowest BCUT2D eigenvalue weighted by Gasteiger charge is -2.24. The lowest BCUT2D eigenvalue weighted by atomic mass is 10.1. The molecule has 18 heavy (non-hydrogen) atoms. The van der Waals surface area contributed by atoms with Crippen molar-refractivity contribution in [1.82, 2.24) is 15.2 Å². The molecule has 1 N–H and O–H groups in total. The number of hydrogen-bond acceptors (Lipinski definition) is 3. The van der Waals surface area contributed by atoms with E-state index in [-0.39, 0.29) is 18.0 Å². The highest BCUT2D eigenvalue weighted by Gasteiger charge is 2.24. The third-order valence-corrected chi connectivity index (χ3v) is 3.47. The summed E-state index contributed by atoms with van der Waals surface area (Å²) in [4.78, 5) is 18.2. The predicted molar refractivity (Wildman–Crippen MR) is 71.1 cm³/mol. The SMILES string of the molecule is CC(N[C@@H](C)c1cccnc1)C(=O)N1CCCC1. The van der Waals surface area contributed by atoms with Gasteiger partial charge in [-0.2, -0.15) is 0 Å². The molecular formula is C14H21N3O. The number of rotatable bonds is 4. The van der Waals surface area contributed by atoms with Crippen LogP contribution in [0.2, 0.25) is 0 Å². The zero-order valence-corrected chi connectivity index (χ0v) is 11.1. The Labute approximate surface area is 108 Å². The van der Waals surface area contributed by atoms with Crippen LogP contribution >= 0.6 is 0 Å². The number of likely N-dealkylation sites (tertiary alicyclic amines) is 1. The molecule has 0 aromatic carbocycles. The van der Waals surface area contributed by atoms with Gasteiger partial charge in [0.1, 0.15) is 0 Å². The molecule has 1 unspecified atom stereocenters. The van der Waals surface area contributed by atoms with E-state index in [1.807, 2.05) is 30.2 Å². The topological polar surface area (TPSA) is 45.2 Å². The molecule has 2 rings (SSSR count). The first-order chi connectivity index (χ1) is 8.68. The van der Waals surface area contributed by atoms with E-state index >= 15 is 0 Å². The summed E-state index contributed by atoms with van der Waals surface area (Å²) in [6.07, 6.45) is 5.87. The number of carbonyl (C=O) groups excluding carboxylic acids is 1. The third kappa shape index (κ3) is 3.07. The Bertz CT molecular complexity index is 387. The summed E-state index contributed by atoms with van der Waals surface area (Å²) in [5, 5.41) is 3.34. The van der Waals surface area contributed by atoms with Crippen molar-refractivity contribution in [2.45, 2.75) is 38.8 Å². The second kappa shape index (κ2) is 5.96. The summed E-state index contributed by atoms with van der Waals surface area (Å²) in [6, 6.07) is 3.94. The first-order valence-corrected chi connectivity index (χ1v) is 6.63. The molecule has 4 nitrogen and oxygen atoms in total. The van der Waals surface area contributed by atoms with Crippen LogP contribution in [0.3, 0.4) is 0 Å².